The Morgan fingerprint density at radius 2 is 1.04 bits per heavy atom. The van der Waals surface area contributed by atoms with Crippen molar-refractivity contribution in [2.75, 3.05) is 16.5 Å². The molecule has 6 heteroatoms. The van der Waals surface area contributed by atoms with Crippen LogP contribution < -0.4 is 14.5 Å². The molecular formula is C64H47N5O. The van der Waals surface area contributed by atoms with Crippen LogP contribution in [0.2, 0.25) is 0 Å². The maximum Gasteiger partial charge on any atom is 0.137 e. The summed E-state index contributed by atoms with van der Waals surface area (Å²) in [5, 5.41) is 4.81. The number of hydrogen-bond donors (Lipinski definition) is 0. The van der Waals surface area contributed by atoms with Gasteiger partial charge in [-0.2, -0.15) is 0 Å². The van der Waals surface area contributed by atoms with Crippen molar-refractivity contribution in [1.82, 2.24) is 14.1 Å². The van der Waals surface area contributed by atoms with E-state index >= 15 is 0 Å². The fourth-order valence-corrected chi connectivity index (χ4v) is 11.3. The molecule has 5 heterocycles. The van der Waals surface area contributed by atoms with E-state index in [2.05, 4.69) is 252 Å². The zero-order valence-electron chi connectivity index (χ0n) is 39.1. The summed E-state index contributed by atoms with van der Waals surface area (Å²) < 4.78 is 11.7. The van der Waals surface area contributed by atoms with Crippen LogP contribution in [0.15, 0.2) is 219 Å². The number of hydrogen-bond acceptors (Lipinski definition) is 4. The van der Waals surface area contributed by atoms with Crippen molar-refractivity contribution in [2.24, 2.45) is 0 Å². The fourth-order valence-electron chi connectivity index (χ4n) is 11.3. The Balaban J connectivity index is 0.943. The molecule has 70 heavy (non-hydrogen) atoms. The van der Waals surface area contributed by atoms with Gasteiger partial charge in [0.05, 0.1) is 44.8 Å². The summed E-state index contributed by atoms with van der Waals surface area (Å²) in [6, 6.07) is 77.0. The molecule has 334 valence electrons. The van der Waals surface area contributed by atoms with Crippen LogP contribution in [-0.2, 0) is 5.41 Å². The van der Waals surface area contributed by atoms with Crippen LogP contribution in [0.1, 0.15) is 26.3 Å². The fraction of sp³-hybridized carbons (Fsp3) is 0.0781. The van der Waals surface area contributed by atoms with Crippen molar-refractivity contribution in [3.63, 3.8) is 0 Å². The van der Waals surface area contributed by atoms with Crippen LogP contribution in [0, 0.1) is 0 Å². The first kappa shape index (κ1) is 40.2. The van der Waals surface area contributed by atoms with E-state index in [0.29, 0.717) is 6.67 Å². The maximum atomic E-state index is 6.90. The molecule has 0 amide bonds. The second-order valence-corrected chi connectivity index (χ2v) is 19.6. The molecule has 0 N–H and O–H groups in total. The summed E-state index contributed by atoms with van der Waals surface area (Å²) in [6.07, 6.45) is 1.93. The summed E-state index contributed by atoms with van der Waals surface area (Å²) in [7, 11) is 0. The standard InChI is InChI=1S/C64H47N5O/c1-64(2,3)42-35-36-65-60(37-42)68-55-29-10-7-21-47(55)50-34-33-45(39-59(50)68)70-44-20-13-19-43(38-44)66-40-67-61-46(41-17-5-4-6-18-41)24-14-26-53(61)54-27-15-25-51-48-22-8-11-30-56(48)69(62(51)54)57-31-12-9-23-49(57)52-28-16-32-58(66)63(52)67/h4-39H,40H2,1-3H3. The van der Waals surface area contributed by atoms with E-state index in [1.807, 2.05) is 6.20 Å². The summed E-state index contributed by atoms with van der Waals surface area (Å²) >= 11 is 0. The lowest BCUT2D eigenvalue weighted by Crippen LogP contribution is -2.25. The lowest BCUT2D eigenvalue weighted by molar-refractivity contribution is 0.483. The topological polar surface area (TPSA) is 38.5 Å². The third kappa shape index (κ3) is 6.09. The molecule has 6 nitrogen and oxygen atoms in total. The predicted molar refractivity (Wildman–Crippen MR) is 290 cm³/mol. The van der Waals surface area contributed by atoms with Crippen molar-refractivity contribution >= 4 is 66.4 Å². The minimum absolute atomic E-state index is 0.0202. The molecule has 12 aromatic rings. The molecule has 14 rings (SSSR count). The average molecular weight is 902 g/mol. The molecule has 2 aliphatic rings. The molecular weight excluding hydrogens is 855 g/mol. The van der Waals surface area contributed by atoms with Crippen LogP contribution in [-0.4, -0.2) is 20.8 Å². The normalized spacial score (nSPS) is 13.0. The minimum atomic E-state index is -0.0202. The van der Waals surface area contributed by atoms with Crippen LogP contribution in [0.3, 0.4) is 0 Å². The highest BCUT2D eigenvalue weighted by molar-refractivity contribution is 6.17. The van der Waals surface area contributed by atoms with Gasteiger partial charge < -0.3 is 19.1 Å². The number of ether oxygens (including phenoxy) is 1. The van der Waals surface area contributed by atoms with Gasteiger partial charge in [0.2, 0.25) is 0 Å². The van der Waals surface area contributed by atoms with E-state index in [1.165, 1.54) is 77.5 Å². The number of aromatic nitrogens is 3. The van der Waals surface area contributed by atoms with Gasteiger partial charge in [-0.1, -0.05) is 160 Å². The van der Waals surface area contributed by atoms with E-state index in [0.717, 1.165) is 50.8 Å². The SMILES string of the molecule is CC(C)(C)c1ccnc(-n2c3ccccc3c3ccc(Oc4cccc(N5CN6c7c(-c8ccccc8)cccc7-c7cccc8c9ccccc9n(c78)-c7ccccc7-c7cccc5c76)c4)cc32)c1. The van der Waals surface area contributed by atoms with Gasteiger partial charge in [0.1, 0.15) is 24.0 Å². The Kier molecular flexibility index (Phi) is 8.80. The number of rotatable bonds is 5. The van der Waals surface area contributed by atoms with Gasteiger partial charge in [-0.3, -0.25) is 4.57 Å². The van der Waals surface area contributed by atoms with Gasteiger partial charge in [-0.25, -0.2) is 4.98 Å². The molecule has 9 aromatic carbocycles. The molecule has 0 saturated carbocycles. The van der Waals surface area contributed by atoms with Crippen molar-refractivity contribution in [2.45, 2.75) is 26.2 Å². The second kappa shape index (κ2) is 15.3. The summed E-state index contributed by atoms with van der Waals surface area (Å²) in [4.78, 5) is 9.94. The molecule has 0 saturated heterocycles. The number of anilines is 4. The minimum Gasteiger partial charge on any atom is -0.457 e. The zero-order chi connectivity index (χ0) is 46.7. The third-order valence-corrected chi connectivity index (χ3v) is 14.5. The molecule has 0 fully saturated rings. The van der Waals surface area contributed by atoms with Crippen molar-refractivity contribution in [1.29, 1.82) is 0 Å². The number of fused-ring (bicyclic) bond motifs is 12. The van der Waals surface area contributed by atoms with Gasteiger partial charge in [0.25, 0.3) is 0 Å². The predicted octanol–water partition coefficient (Wildman–Crippen LogP) is 16.9. The van der Waals surface area contributed by atoms with Gasteiger partial charge in [0.15, 0.2) is 0 Å². The largest absolute Gasteiger partial charge is 0.457 e. The van der Waals surface area contributed by atoms with E-state index in [4.69, 9.17) is 9.72 Å². The first-order chi connectivity index (χ1) is 34.4. The summed E-state index contributed by atoms with van der Waals surface area (Å²) in [6.45, 7) is 7.32. The highest BCUT2D eigenvalue weighted by atomic mass is 16.5. The van der Waals surface area contributed by atoms with Crippen molar-refractivity contribution < 1.29 is 4.74 Å². The van der Waals surface area contributed by atoms with Gasteiger partial charge in [-0.05, 0) is 77.2 Å². The molecule has 0 bridgehead atoms. The number of pyridine rings is 1. The Hall–Kier alpha value is -8.87. The van der Waals surface area contributed by atoms with Gasteiger partial charge in [0, 0.05) is 73.4 Å². The summed E-state index contributed by atoms with van der Waals surface area (Å²) in [5.41, 5.74) is 18.5. The smallest absolute Gasteiger partial charge is 0.137 e. The van der Waals surface area contributed by atoms with E-state index in [1.54, 1.807) is 0 Å². The van der Waals surface area contributed by atoms with Crippen LogP contribution >= 0.6 is 0 Å². The molecule has 0 atom stereocenters. The number of para-hydroxylation sites is 6. The van der Waals surface area contributed by atoms with E-state index in [-0.39, 0.29) is 5.41 Å². The average Bonchev–Trinajstić information content (AvgIpc) is 4.06. The quantitative estimate of drug-likeness (QED) is 0.172. The third-order valence-electron chi connectivity index (χ3n) is 14.5. The Morgan fingerprint density at radius 1 is 0.429 bits per heavy atom. The molecule has 3 aromatic heterocycles. The Morgan fingerprint density at radius 3 is 1.89 bits per heavy atom. The molecule has 0 unspecified atom stereocenters. The molecule has 2 aliphatic heterocycles. The monoisotopic (exact) mass is 901 g/mol. The highest BCUT2D eigenvalue weighted by Crippen LogP contribution is 2.56. The second-order valence-electron chi connectivity index (χ2n) is 19.6. The van der Waals surface area contributed by atoms with Gasteiger partial charge in [-0.15, -0.1) is 0 Å². The van der Waals surface area contributed by atoms with E-state index in [9.17, 15) is 0 Å². The van der Waals surface area contributed by atoms with Crippen LogP contribution in [0.5, 0.6) is 11.5 Å². The zero-order valence-corrected chi connectivity index (χ0v) is 39.1. The Bertz CT molecular complexity index is 4080. The lowest BCUT2D eigenvalue weighted by Gasteiger charge is -2.30. The van der Waals surface area contributed by atoms with Crippen LogP contribution in [0.25, 0.3) is 88.5 Å². The molecule has 0 spiro atoms. The van der Waals surface area contributed by atoms with Crippen molar-refractivity contribution in [3.8, 4) is 56.4 Å². The van der Waals surface area contributed by atoms with Gasteiger partial charge >= 0.3 is 0 Å². The first-order valence-electron chi connectivity index (χ1n) is 24.1. The highest BCUT2D eigenvalue weighted by Gasteiger charge is 2.36. The molecule has 0 radical (unpaired) electrons. The molecule has 0 aliphatic carbocycles. The Labute approximate surface area is 406 Å². The van der Waals surface area contributed by atoms with Crippen LogP contribution in [0.4, 0.5) is 22.7 Å². The maximum absolute atomic E-state index is 6.90. The lowest BCUT2D eigenvalue weighted by atomic mass is 9.88. The summed E-state index contributed by atoms with van der Waals surface area (Å²) in [5.74, 6) is 2.41. The first-order valence-corrected chi connectivity index (χ1v) is 24.1. The van der Waals surface area contributed by atoms with Crippen molar-refractivity contribution in [3.05, 3.63) is 224 Å². The number of nitrogens with zero attached hydrogens (tertiary/aromatic N) is 5. The van der Waals surface area contributed by atoms with E-state index < -0.39 is 0 Å². The number of benzene rings is 9.